The van der Waals surface area contributed by atoms with Gasteiger partial charge in [-0.25, -0.2) is 0 Å². The maximum atomic E-state index is 6.60. The number of para-hydroxylation sites is 1. The quantitative estimate of drug-likeness (QED) is 0.131. The van der Waals surface area contributed by atoms with Gasteiger partial charge in [-0.2, -0.15) is 0 Å². The van der Waals surface area contributed by atoms with Crippen molar-refractivity contribution in [3.8, 4) is 28.3 Å². The number of fused-ring (bicyclic) bond motifs is 6. The smallest absolute Gasteiger partial charge is 0.0160 e. The van der Waals surface area contributed by atoms with Crippen LogP contribution in [0.1, 0.15) is 5.69 Å². The summed E-state index contributed by atoms with van der Waals surface area (Å²) in [5, 5.41) is 4.47. The molecule has 0 unspecified atom stereocenters. The third-order valence-corrected chi connectivity index (χ3v) is 13.2. The van der Waals surface area contributed by atoms with Gasteiger partial charge >= 0.3 is 212 Å². The van der Waals surface area contributed by atoms with Crippen molar-refractivity contribution < 1.29 is 24.5 Å². The molecule has 0 saturated carbocycles. The molecule has 0 aliphatic rings. The van der Waals surface area contributed by atoms with E-state index in [-0.39, 0.29) is 20.1 Å². The van der Waals surface area contributed by atoms with Crippen LogP contribution in [0.2, 0.25) is 17.3 Å². The molecule has 7 heteroatoms. The van der Waals surface area contributed by atoms with Gasteiger partial charge in [-0.1, -0.05) is 18.2 Å². The minimum Gasteiger partial charge on any atom is -0.305 e. The maximum absolute atomic E-state index is 6.60. The summed E-state index contributed by atoms with van der Waals surface area (Å²) in [5.41, 5.74) is 8.30. The number of aryl methyl sites for hydroxylation is 1. The number of imidazole rings is 1. The van der Waals surface area contributed by atoms with Crippen LogP contribution in [0.5, 0.6) is 0 Å². The second kappa shape index (κ2) is 13.8. The van der Waals surface area contributed by atoms with Gasteiger partial charge in [0, 0.05) is 26.3 Å². The number of benzene rings is 5. The van der Waals surface area contributed by atoms with Gasteiger partial charge < -0.3 is 4.98 Å². The maximum Gasteiger partial charge on any atom is 0.0160 e. The summed E-state index contributed by atoms with van der Waals surface area (Å²) in [6, 6.07) is 49.9. The minimum atomic E-state index is -2.01. The molecule has 0 amide bonds. The molecule has 9 rings (SSSR count). The molecule has 50 heavy (non-hydrogen) atoms. The van der Waals surface area contributed by atoms with Crippen molar-refractivity contribution in [2.45, 2.75) is 24.2 Å². The molecule has 0 aliphatic carbocycles. The van der Waals surface area contributed by atoms with Gasteiger partial charge in [-0.05, 0) is 11.8 Å². The van der Waals surface area contributed by atoms with Crippen LogP contribution in [0, 0.1) is 19.1 Å². The van der Waals surface area contributed by atoms with Crippen molar-refractivity contribution in [1.29, 1.82) is 0 Å². The molecule has 247 valence electrons. The van der Waals surface area contributed by atoms with E-state index in [2.05, 4.69) is 112 Å². The Hall–Kier alpha value is -4.88. The monoisotopic (exact) mass is 889 g/mol. The molecule has 0 saturated heterocycles. The van der Waals surface area contributed by atoms with Crippen LogP contribution in [0.4, 0.5) is 0 Å². The third kappa shape index (κ3) is 6.20. The van der Waals surface area contributed by atoms with Gasteiger partial charge in [-0.3, -0.25) is 0 Å². The topological polar surface area (TPSA) is 56.7 Å². The van der Waals surface area contributed by atoms with E-state index in [9.17, 15) is 0 Å². The van der Waals surface area contributed by atoms with Crippen molar-refractivity contribution in [2.75, 3.05) is 0 Å². The number of furan rings is 1. The number of aromatic nitrogens is 4. The van der Waals surface area contributed by atoms with Crippen LogP contribution in [-0.4, -0.2) is 32.8 Å². The first kappa shape index (κ1) is 33.6. The first-order valence-corrected chi connectivity index (χ1v) is 23.8. The molecule has 0 atom stereocenters. The predicted octanol–water partition coefficient (Wildman–Crippen LogP) is 10.3. The fourth-order valence-electron chi connectivity index (χ4n) is 6.40. The van der Waals surface area contributed by atoms with Gasteiger partial charge in [0.15, 0.2) is 0 Å². The summed E-state index contributed by atoms with van der Waals surface area (Å²) < 4.78 is 10.2. The molecular formula is C43H34GeIrN4O-2. The van der Waals surface area contributed by atoms with Crippen LogP contribution < -0.4 is 4.40 Å². The zero-order chi connectivity index (χ0) is 33.5. The van der Waals surface area contributed by atoms with E-state index in [1.807, 2.05) is 61.5 Å². The molecule has 0 bridgehead atoms. The van der Waals surface area contributed by atoms with Crippen LogP contribution >= 0.6 is 0 Å². The fraction of sp³-hybridized carbons (Fsp3) is 0.0930. The molecule has 5 nitrogen and oxygen atoms in total. The van der Waals surface area contributed by atoms with E-state index in [1.54, 1.807) is 6.20 Å². The molecule has 4 aromatic heterocycles. The molecular weight excluding hydrogens is 853 g/mol. The summed E-state index contributed by atoms with van der Waals surface area (Å²) in [6.45, 7) is 2.05. The average Bonchev–Trinajstić information content (AvgIpc) is 3.71. The largest absolute Gasteiger partial charge is 0.305 e. The van der Waals surface area contributed by atoms with E-state index in [1.165, 1.54) is 4.40 Å². The Labute approximate surface area is 307 Å². The van der Waals surface area contributed by atoms with E-state index < -0.39 is 13.3 Å². The molecule has 0 fully saturated rings. The van der Waals surface area contributed by atoms with E-state index >= 15 is 0 Å². The molecule has 0 spiro atoms. The van der Waals surface area contributed by atoms with Crippen molar-refractivity contribution in [3.05, 3.63) is 151 Å². The van der Waals surface area contributed by atoms with Gasteiger partial charge in [0.05, 0.1) is 0 Å². The number of rotatable bonds is 4. The fourth-order valence-corrected chi connectivity index (χ4v) is 8.80. The Morgan fingerprint density at radius 1 is 0.680 bits per heavy atom. The van der Waals surface area contributed by atoms with Gasteiger partial charge in [0.1, 0.15) is 0 Å². The molecule has 4 heterocycles. The van der Waals surface area contributed by atoms with Crippen LogP contribution in [0.25, 0.3) is 72.2 Å². The summed E-state index contributed by atoms with van der Waals surface area (Å²) in [7, 11) is 0. The standard InChI is InChI=1S/C32H26GeN3O.C11H8N.Ir/c1-20-23-13-8-9-14-25(23)29-31(34-20)35-32(36(29)22-11-6-5-7-12-22)27-16-10-15-26-24-18-17-21(33(2,3)4)19-28(24)37-30(26)27;1-2-6-10(7-3-1)11-8-4-5-9-12-11;/h5-15,17-19H,1-4H3;1-6,8-9H;/q2*-1;. The molecule has 0 aliphatic heterocycles. The SMILES string of the molecule is Cc1nc2nc(-c3[c-]ccc4c3oc3c[c]([Ge]([CH3])([CH3])[CH3])ccc34)n(-c3ccccc3)c2c2ccccc12.[Ir].[c-]1ccccc1-c1ccccn1. The van der Waals surface area contributed by atoms with E-state index in [0.717, 1.165) is 77.9 Å². The van der Waals surface area contributed by atoms with Crippen molar-refractivity contribution in [3.63, 3.8) is 0 Å². The normalized spacial score (nSPS) is 11.4. The van der Waals surface area contributed by atoms with Gasteiger partial charge in [-0.15, -0.1) is 35.9 Å². The molecule has 0 N–H and O–H groups in total. The zero-order valence-corrected chi connectivity index (χ0v) is 32.7. The number of nitrogens with zero attached hydrogens (tertiary/aromatic N) is 4. The molecule has 5 aromatic carbocycles. The van der Waals surface area contributed by atoms with E-state index in [4.69, 9.17) is 14.4 Å². The first-order chi connectivity index (χ1) is 23.9. The Balaban J connectivity index is 0.000000255. The molecule has 9 aromatic rings. The number of hydrogen-bond acceptors (Lipinski definition) is 4. The van der Waals surface area contributed by atoms with Crippen LogP contribution in [-0.2, 0) is 20.1 Å². The van der Waals surface area contributed by atoms with E-state index in [0.29, 0.717) is 0 Å². The first-order valence-electron chi connectivity index (χ1n) is 16.5. The van der Waals surface area contributed by atoms with Gasteiger partial charge in [0.2, 0.25) is 0 Å². The summed E-state index contributed by atoms with van der Waals surface area (Å²) >= 11 is -2.01. The summed E-state index contributed by atoms with van der Waals surface area (Å²) in [5.74, 6) is 8.00. The number of pyridine rings is 2. The van der Waals surface area contributed by atoms with Crippen LogP contribution in [0.3, 0.4) is 0 Å². The summed E-state index contributed by atoms with van der Waals surface area (Å²) in [4.78, 5) is 14.3. The zero-order valence-electron chi connectivity index (χ0n) is 28.2. The number of hydrogen-bond donors (Lipinski definition) is 0. The molecule has 1 radical (unpaired) electrons. The minimum absolute atomic E-state index is 0. The van der Waals surface area contributed by atoms with Crippen LogP contribution in [0.15, 0.2) is 138 Å². The average molecular weight is 888 g/mol. The Kier molecular flexibility index (Phi) is 9.27. The van der Waals surface area contributed by atoms with Crippen molar-refractivity contribution in [2.24, 2.45) is 0 Å². The Morgan fingerprint density at radius 3 is 2.18 bits per heavy atom. The Bertz CT molecular complexity index is 2560. The Morgan fingerprint density at radius 2 is 1.44 bits per heavy atom. The third-order valence-electron chi connectivity index (χ3n) is 8.89. The second-order valence-corrected chi connectivity index (χ2v) is 23.8. The van der Waals surface area contributed by atoms with Crippen molar-refractivity contribution >= 4 is 61.5 Å². The second-order valence-electron chi connectivity index (χ2n) is 13.2. The predicted molar refractivity (Wildman–Crippen MR) is 204 cm³/mol. The van der Waals surface area contributed by atoms with Crippen molar-refractivity contribution in [1.82, 2.24) is 19.5 Å². The van der Waals surface area contributed by atoms with Gasteiger partial charge in [0.25, 0.3) is 0 Å². The summed E-state index contributed by atoms with van der Waals surface area (Å²) in [6.07, 6.45) is 1.79.